The molecular weight excluding hydrogens is 428 g/mol. The normalized spacial score (nSPS) is 17.9. The van der Waals surface area contributed by atoms with E-state index in [-0.39, 0.29) is 12.5 Å². The van der Waals surface area contributed by atoms with E-state index in [2.05, 4.69) is 15.5 Å². The molecule has 2 aromatic heterocycles. The Morgan fingerprint density at radius 3 is 2.72 bits per heavy atom. The fraction of sp³-hybridized carbons (Fsp3) is 0.316. The van der Waals surface area contributed by atoms with Crippen molar-refractivity contribution in [1.82, 2.24) is 14.5 Å². The molecule has 1 N–H and O–H groups in total. The number of anilines is 1. The Bertz CT molecular complexity index is 1090. The number of carbonyl (C=O) groups is 1. The van der Waals surface area contributed by atoms with Gasteiger partial charge in [-0.2, -0.15) is 4.31 Å². The maximum absolute atomic E-state index is 12.7. The molecule has 1 atom stereocenters. The first-order chi connectivity index (χ1) is 13.9. The zero-order valence-electron chi connectivity index (χ0n) is 15.7. The van der Waals surface area contributed by atoms with Crippen LogP contribution in [-0.4, -0.2) is 41.9 Å². The second kappa shape index (κ2) is 8.31. The van der Waals surface area contributed by atoms with Crippen molar-refractivity contribution in [3.05, 3.63) is 47.3 Å². The van der Waals surface area contributed by atoms with E-state index in [0.717, 1.165) is 16.1 Å². The Hall–Kier alpha value is -2.14. The summed E-state index contributed by atoms with van der Waals surface area (Å²) in [6, 6.07) is 11.2. The highest BCUT2D eigenvalue weighted by atomic mass is 32.2. The number of thiophene rings is 1. The Morgan fingerprint density at radius 2 is 2.00 bits per heavy atom. The summed E-state index contributed by atoms with van der Waals surface area (Å²) in [6.45, 7) is 2.62. The number of nitrogens with one attached hydrogen (secondary N) is 1. The van der Waals surface area contributed by atoms with E-state index in [1.807, 2.05) is 31.2 Å². The second-order valence-electron chi connectivity index (χ2n) is 6.90. The van der Waals surface area contributed by atoms with Gasteiger partial charge in [0.15, 0.2) is 0 Å². The van der Waals surface area contributed by atoms with Crippen molar-refractivity contribution in [2.45, 2.75) is 24.0 Å². The predicted molar refractivity (Wildman–Crippen MR) is 115 cm³/mol. The van der Waals surface area contributed by atoms with E-state index in [4.69, 9.17) is 0 Å². The number of aromatic nitrogens is 2. The van der Waals surface area contributed by atoms with Crippen LogP contribution < -0.4 is 5.32 Å². The van der Waals surface area contributed by atoms with E-state index in [1.165, 1.54) is 27.0 Å². The summed E-state index contributed by atoms with van der Waals surface area (Å²) in [5, 5.41) is 13.9. The van der Waals surface area contributed by atoms with Gasteiger partial charge in [-0.3, -0.25) is 4.79 Å². The third kappa shape index (κ3) is 4.40. The summed E-state index contributed by atoms with van der Waals surface area (Å²) in [4.78, 5) is 12.7. The maximum Gasteiger partial charge on any atom is 0.252 e. The summed E-state index contributed by atoms with van der Waals surface area (Å²) in [6.07, 6.45) is 1.29. The number of hydrogen-bond acceptors (Lipinski definition) is 7. The first kappa shape index (κ1) is 20.1. The van der Waals surface area contributed by atoms with Crippen molar-refractivity contribution in [2.24, 2.45) is 5.92 Å². The molecule has 0 saturated carbocycles. The lowest BCUT2D eigenvalue weighted by Gasteiger charge is -2.30. The number of benzene rings is 1. The molecule has 0 spiro atoms. The third-order valence-corrected chi connectivity index (χ3v) is 8.92. The summed E-state index contributed by atoms with van der Waals surface area (Å²) in [5.41, 5.74) is 2.10. The summed E-state index contributed by atoms with van der Waals surface area (Å²) >= 11 is 2.49. The van der Waals surface area contributed by atoms with Crippen LogP contribution in [0.2, 0.25) is 0 Å². The molecule has 7 nitrogen and oxygen atoms in total. The van der Waals surface area contributed by atoms with Gasteiger partial charge in [0.1, 0.15) is 9.22 Å². The number of nitrogens with zero attached hydrogens (tertiary/aromatic N) is 3. The van der Waals surface area contributed by atoms with Gasteiger partial charge >= 0.3 is 0 Å². The van der Waals surface area contributed by atoms with Crippen LogP contribution >= 0.6 is 22.7 Å². The Morgan fingerprint density at radius 1 is 1.21 bits per heavy atom. The average molecular weight is 449 g/mol. The second-order valence-corrected chi connectivity index (χ2v) is 11.0. The molecule has 1 aliphatic rings. The molecule has 0 unspecified atom stereocenters. The minimum Gasteiger partial charge on any atom is -0.300 e. The first-order valence-electron chi connectivity index (χ1n) is 9.18. The van der Waals surface area contributed by atoms with Gasteiger partial charge in [0.05, 0.1) is 5.92 Å². The van der Waals surface area contributed by atoms with Gasteiger partial charge in [0.2, 0.25) is 11.0 Å². The van der Waals surface area contributed by atoms with Crippen LogP contribution in [0.5, 0.6) is 0 Å². The molecule has 1 fully saturated rings. The molecule has 10 heteroatoms. The largest absolute Gasteiger partial charge is 0.300 e. The molecular formula is C19H20N4O3S3. The van der Waals surface area contributed by atoms with E-state index >= 15 is 0 Å². The topological polar surface area (TPSA) is 92.3 Å². The predicted octanol–water partition coefficient (Wildman–Crippen LogP) is 3.61. The van der Waals surface area contributed by atoms with Crippen molar-refractivity contribution in [3.8, 4) is 10.6 Å². The van der Waals surface area contributed by atoms with Crippen LogP contribution in [0.1, 0.15) is 18.4 Å². The van der Waals surface area contributed by atoms with Crippen molar-refractivity contribution >= 4 is 43.7 Å². The van der Waals surface area contributed by atoms with Crippen LogP contribution in [-0.2, 0) is 14.8 Å². The zero-order chi connectivity index (χ0) is 20.4. The van der Waals surface area contributed by atoms with Crippen LogP contribution in [0.3, 0.4) is 0 Å². The Kier molecular flexibility index (Phi) is 5.77. The maximum atomic E-state index is 12.7. The van der Waals surface area contributed by atoms with Crippen molar-refractivity contribution in [2.75, 3.05) is 18.4 Å². The molecule has 1 aliphatic heterocycles. The molecule has 3 heterocycles. The SMILES string of the molecule is Cc1ccc(-c2nnc(NC(=O)[C@@H]3CCCN(S(=O)(=O)c4cccs4)C3)s2)cc1. The number of hydrogen-bond donors (Lipinski definition) is 1. The monoisotopic (exact) mass is 448 g/mol. The average Bonchev–Trinajstić information content (AvgIpc) is 3.41. The molecule has 0 bridgehead atoms. The highest BCUT2D eigenvalue weighted by molar-refractivity contribution is 7.91. The van der Waals surface area contributed by atoms with E-state index in [9.17, 15) is 13.2 Å². The van der Waals surface area contributed by atoms with Crippen LogP contribution in [0, 0.1) is 12.8 Å². The lowest BCUT2D eigenvalue weighted by atomic mass is 9.99. The first-order valence-corrected chi connectivity index (χ1v) is 12.3. The highest BCUT2D eigenvalue weighted by Crippen LogP contribution is 2.29. The molecule has 1 amide bonds. The molecule has 1 aromatic carbocycles. The summed E-state index contributed by atoms with van der Waals surface area (Å²) in [5.74, 6) is -0.632. The van der Waals surface area contributed by atoms with Gasteiger partial charge in [0.25, 0.3) is 10.0 Å². The highest BCUT2D eigenvalue weighted by Gasteiger charge is 2.34. The molecule has 3 aromatic rings. The van der Waals surface area contributed by atoms with Crippen molar-refractivity contribution in [3.63, 3.8) is 0 Å². The van der Waals surface area contributed by atoms with Crippen LogP contribution in [0.4, 0.5) is 5.13 Å². The van der Waals surface area contributed by atoms with Gasteiger partial charge in [-0.25, -0.2) is 8.42 Å². The molecule has 152 valence electrons. The number of aryl methyl sites for hydroxylation is 1. The van der Waals surface area contributed by atoms with Crippen LogP contribution in [0.25, 0.3) is 10.6 Å². The number of sulfonamides is 1. The number of piperidine rings is 1. The lowest BCUT2D eigenvalue weighted by molar-refractivity contribution is -0.120. The van der Waals surface area contributed by atoms with Gasteiger partial charge in [-0.1, -0.05) is 47.2 Å². The van der Waals surface area contributed by atoms with Crippen LogP contribution in [0.15, 0.2) is 46.0 Å². The van der Waals surface area contributed by atoms with Gasteiger partial charge in [-0.05, 0) is 31.2 Å². The van der Waals surface area contributed by atoms with E-state index < -0.39 is 15.9 Å². The Balaban J connectivity index is 1.43. The van der Waals surface area contributed by atoms with E-state index in [0.29, 0.717) is 28.7 Å². The Labute approximate surface area is 177 Å². The minimum absolute atomic E-state index is 0.176. The van der Waals surface area contributed by atoms with Gasteiger partial charge < -0.3 is 5.32 Å². The number of amides is 1. The lowest BCUT2D eigenvalue weighted by Crippen LogP contribution is -2.43. The van der Waals surface area contributed by atoms with E-state index in [1.54, 1.807) is 17.5 Å². The number of rotatable bonds is 5. The summed E-state index contributed by atoms with van der Waals surface area (Å²) < 4.78 is 27.2. The van der Waals surface area contributed by atoms with Gasteiger partial charge in [-0.15, -0.1) is 21.5 Å². The fourth-order valence-corrected chi connectivity index (χ4v) is 6.63. The molecule has 4 rings (SSSR count). The van der Waals surface area contributed by atoms with Crippen molar-refractivity contribution < 1.29 is 13.2 Å². The minimum atomic E-state index is -3.55. The molecule has 0 radical (unpaired) electrons. The zero-order valence-corrected chi connectivity index (χ0v) is 18.2. The molecule has 29 heavy (non-hydrogen) atoms. The summed E-state index contributed by atoms with van der Waals surface area (Å²) in [7, 11) is -3.55. The quantitative estimate of drug-likeness (QED) is 0.644. The van der Waals surface area contributed by atoms with Gasteiger partial charge in [0, 0.05) is 18.7 Å². The number of carbonyl (C=O) groups excluding carboxylic acids is 1. The smallest absolute Gasteiger partial charge is 0.252 e. The van der Waals surface area contributed by atoms with Crippen molar-refractivity contribution in [1.29, 1.82) is 0 Å². The fourth-order valence-electron chi connectivity index (χ4n) is 3.21. The molecule has 0 aliphatic carbocycles. The standard InChI is InChI=1S/C19H20N4O3S3/c1-13-6-8-14(9-7-13)18-21-22-19(28-18)20-17(24)15-4-2-10-23(12-15)29(25,26)16-5-3-11-27-16/h3,5-9,11,15H,2,4,10,12H2,1H3,(H,20,22,24)/t15-/m1/s1. The third-order valence-electron chi connectivity index (χ3n) is 4.80. The molecule has 1 saturated heterocycles.